The summed E-state index contributed by atoms with van der Waals surface area (Å²) >= 11 is 35.9. The number of carboxylic acids is 1. The lowest BCUT2D eigenvalue weighted by Crippen LogP contribution is -2.23. The van der Waals surface area contributed by atoms with E-state index in [1.54, 1.807) is 73.3 Å². The monoisotopic (exact) mass is 1550 g/mol. The molecule has 0 saturated carbocycles. The molecule has 15 aromatic rings. The van der Waals surface area contributed by atoms with Gasteiger partial charge in [-0.1, -0.05) is 113 Å². The molecule has 0 aliphatic carbocycles. The molecule has 105 heavy (non-hydrogen) atoms. The van der Waals surface area contributed by atoms with Crippen LogP contribution in [-0.2, 0) is 39.3 Å². The molecule has 32 heteroatoms. The Bertz CT molecular complexity index is 5750. The van der Waals surface area contributed by atoms with Gasteiger partial charge in [0, 0.05) is 125 Å². The first-order valence-corrected chi connectivity index (χ1v) is 32.8. The number of hydrogen-bond donors (Lipinski definition) is 7. The Hall–Kier alpha value is -11.5. The van der Waals surface area contributed by atoms with Crippen LogP contribution in [0.4, 0.5) is 13.2 Å². The summed E-state index contributed by atoms with van der Waals surface area (Å²) in [5.41, 5.74) is 13.3. The number of nitrogens with one attached hydrogen (secondary N) is 5. The van der Waals surface area contributed by atoms with Crippen LogP contribution >= 0.6 is 82.0 Å². The summed E-state index contributed by atoms with van der Waals surface area (Å²) in [5.74, 6) is -3.57. The highest BCUT2D eigenvalue weighted by molar-refractivity contribution is 6.36. The highest BCUT2D eigenvalue weighted by Gasteiger charge is 2.22. The van der Waals surface area contributed by atoms with Crippen molar-refractivity contribution in [2.24, 2.45) is 5.73 Å². The Morgan fingerprint density at radius 1 is 0.476 bits per heavy atom. The van der Waals surface area contributed by atoms with Crippen LogP contribution in [0.3, 0.4) is 0 Å². The standard InChI is InChI=1S/2C24H15Cl2FN6O.C15H9ClN4O2.C9H8ClFN2.CH4.ClH/c2*25-16-6-15-5-13(1-3-19(15)29-9-16)11-33-12-17(21(7-28)32-33)24(34)31-8-14-2-4-20-22(23(14)27)18(26)10-30-20;16-11-4-10-3-9(1-2-13(10)18-6-11)7-20-8-12(15(21)22)14(5-17)19-20;10-6-4-13-7-2-1-5(3-12)9(11)8(6)7;;/h2*1-6,9-10,12,30H,8,11H2,(H,31,34);1-4,6,8H,7H2,(H,21,22);1-2,4,13H,3,12H2;1H4;1H. The molecule has 0 atom stereocenters. The number of carboxylic acid groups (broad SMARTS) is 1. The van der Waals surface area contributed by atoms with E-state index >= 15 is 0 Å². The third kappa shape index (κ3) is 17.1. The zero-order chi connectivity index (χ0) is 72.8. The van der Waals surface area contributed by atoms with Crippen molar-refractivity contribution in [3.8, 4) is 18.2 Å². The average Bonchev–Trinajstić information content (AvgIpc) is 1.69. The maximum Gasteiger partial charge on any atom is 0.340 e. The average molecular weight is 1550 g/mol. The predicted octanol–water partition coefficient (Wildman–Crippen LogP) is 16.6. The topological polar surface area (TPSA) is 332 Å². The number of rotatable bonds is 14. The van der Waals surface area contributed by atoms with Crippen molar-refractivity contribution in [2.45, 2.75) is 46.7 Å². The smallest absolute Gasteiger partial charge is 0.340 e. The molecule has 0 saturated heterocycles. The minimum absolute atomic E-state index is 0. The molecule has 0 aliphatic heterocycles. The molecule has 2 amide bonds. The molecule has 0 spiro atoms. The van der Waals surface area contributed by atoms with E-state index in [2.05, 4.69) is 55.8 Å². The predicted molar refractivity (Wildman–Crippen MR) is 399 cm³/mol. The van der Waals surface area contributed by atoms with Gasteiger partial charge in [0.15, 0.2) is 17.1 Å². The van der Waals surface area contributed by atoms with Gasteiger partial charge in [-0.15, -0.1) is 12.4 Å². The molecule has 15 rings (SSSR count). The number of H-pyrrole nitrogens is 3. The van der Waals surface area contributed by atoms with Gasteiger partial charge in [0.25, 0.3) is 11.8 Å². The number of benzene rings is 6. The Morgan fingerprint density at radius 2 is 0.790 bits per heavy atom. The largest absolute Gasteiger partial charge is 0.478 e. The second kappa shape index (κ2) is 33.3. The van der Waals surface area contributed by atoms with Crippen molar-refractivity contribution in [1.82, 2.24) is 69.9 Å². The highest BCUT2D eigenvalue weighted by Crippen LogP contribution is 2.32. The van der Waals surface area contributed by atoms with E-state index in [1.807, 2.05) is 78.9 Å². The minimum Gasteiger partial charge on any atom is -0.478 e. The van der Waals surface area contributed by atoms with E-state index < -0.39 is 29.4 Å². The van der Waals surface area contributed by atoms with Gasteiger partial charge in [-0.05, 0) is 89.5 Å². The first-order chi connectivity index (χ1) is 49.6. The lowest BCUT2D eigenvalue weighted by Gasteiger charge is -2.07. The molecule has 0 unspecified atom stereocenters. The number of amides is 2. The SMILES string of the molecule is C.Cl.N#Cc1nn(Cc2ccc3ncc(Cl)cc3c2)cc1C(=O)NCc1ccc2[nH]cc(Cl)c2c1F.N#Cc1nn(Cc2ccc3ncc(Cl)cc3c2)cc1C(=O)NCc1ccc2[nH]cc(Cl)c2c1F.N#Cc1nn(Cc2ccc3ncc(Cl)cc3c2)cc1C(=O)O.NCc1ccc2[nH]cc(Cl)c2c1F. The second-order valence-electron chi connectivity index (χ2n) is 22.8. The number of hydrogen-bond acceptors (Lipinski definition) is 13. The molecule has 22 nitrogen and oxygen atoms in total. The van der Waals surface area contributed by atoms with Crippen LogP contribution < -0.4 is 16.4 Å². The van der Waals surface area contributed by atoms with Crippen molar-refractivity contribution in [3.05, 3.63) is 280 Å². The van der Waals surface area contributed by atoms with Gasteiger partial charge >= 0.3 is 5.97 Å². The number of carbonyl (C=O) groups excluding carboxylic acids is 2. The zero-order valence-electron chi connectivity index (χ0n) is 53.3. The van der Waals surface area contributed by atoms with Crippen molar-refractivity contribution < 1.29 is 32.7 Å². The third-order valence-electron chi connectivity index (χ3n) is 16.0. The number of halogens is 10. The van der Waals surface area contributed by atoms with Gasteiger partial charge in [-0.25, -0.2) is 18.0 Å². The zero-order valence-corrected chi connectivity index (χ0v) is 58.6. The fourth-order valence-electron chi connectivity index (χ4n) is 11.1. The second-order valence-corrected chi connectivity index (χ2v) is 25.3. The lowest BCUT2D eigenvalue weighted by molar-refractivity contribution is 0.0695. The lowest BCUT2D eigenvalue weighted by atomic mass is 10.1. The fraction of sp³-hybridized carbons (Fsp3) is 0.0959. The number of nitriles is 3. The van der Waals surface area contributed by atoms with E-state index in [-0.39, 0.29) is 111 Å². The molecule has 0 radical (unpaired) electrons. The summed E-state index contributed by atoms with van der Waals surface area (Å²) in [6, 6.07) is 38.0. The summed E-state index contributed by atoms with van der Waals surface area (Å²) in [4.78, 5) is 58.0. The summed E-state index contributed by atoms with van der Waals surface area (Å²) in [7, 11) is 0. The van der Waals surface area contributed by atoms with Crippen LogP contribution in [-0.4, -0.2) is 82.1 Å². The fourth-order valence-corrected chi connectivity index (χ4v) is 12.3. The van der Waals surface area contributed by atoms with E-state index in [0.29, 0.717) is 67.2 Å². The summed E-state index contributed by atoms with van der Waals surface area (Å²) in [6.45, 7) is 1.06. The van der Waals surface area contributed by atoms with Crippen LogP contribution in [0.5, 0.6) is 0 Å². The molecule has 9 heterocycles. The van der Waals surface area contributed by atoms with Crippen LogP contribution in [0.2, 0.25) is 30.1 Å². The normalized spacial score (nSPS) is 10.8. The number of carbonyl (C=O) groups is 3. The first kappa shape index (κ1) is 76.1. The molecular weight excluding hydrogens is 1500 g/mol. The molecular formula is C73H52Cl7F3N18O4. The van der Waals surface area contributed by atoms with Gasteiger partial charge < -0.3 is 36.4 Å². The van der Waals surface area contributed by atoms with Crippen LogP contribution in [0.15, 0.2) is 165 Å². The Kier molecular flexibility index (Phi) is 24.1. The van der Waals surface area contributed by atoms with Crippen molar-refractivity contribution >= 4 is 165 Å². The molecule has 6 aromatic carbocycles. The Morgan fingerprint density at radius 3 is 1.10 bits per heavy atom. The number of nitrogens with zero attached hydrogens (tertiary/aromatic N) is 12. The van der Waals surface area contributed by atoms with Gasteiger partial charge in [-0.3, -0.25) is 38.6 Å². The quantitative estimate of drug-likeness (QED) is 0.0532. The van der Waals surface area contributed by atoms with E-state index in [4.69, 9.17) is 85.7 Å². The van der Waals surface area contributed by atoms with Crippen LogP contribution in [0.25, 0.3) is 65.4 Å². The maximum absolute atomic E-state index is 14.8. The Labute approximate surface area is 629 Å². The summed E-state index contributed by atoms with van der Waals surface area (Å²) in [5, 5.41) is 60.7. The van der Waals surface area contributed by atoms with E-state index in [1.165, 1.54) is 45.0 Å². The molecule has 0 fully saturated rings. The third-order valence-corrected chi connectivity index (χ3v) is 17.6. The van der Waals surface area contributed by atoms with Gasteiger partial charge in [0.05, 0.1) is 93.6 Å². The number of aromatic carboxylic acids is 1. The molecule has 0 aliphatic rings. The number of pyridine rings is 3. The number of fused-ring (bicyclic) bond motifs is 6. The first-order valence-electron chi connectivity index (χ1n) is 30.5. The molecule has 9 aromatic heterocycles. The van der Waals surface area contributed by atoms with Crippen LogP contribution in [0.1, 0.15) is 89.0 Å². The van der Waals surface area contributed by atoms with Crippen LogP contribution in [0, 0.1) is 51.4 Å². The number of aromatic amines is 3. The minimum atomic E-state index is -1.17. The van der Waals surface area contributed by atoms with Gasteiger partial charge in [-0.2, -0.15) is 31.1 Å². The summed E-state index contributed by atoms with van der Waals surface area (Å²) < 4.78 is 47.6. The van der Waals surface area contributed by atoms with Gasteiger partial charge in [0.1, 0.15) is 41.2 Å². The van der Waals surface area contributed by atoms with Crippen molar-refractivity contribution in [3.63, 3.8) is 0 Å². The molecule has 0 bridgehead atoms. The van der Waals surface area contributed by atoms with Crippen molar-refractivity contribution in [2.75, 3.05) is 0 Å². The van der Waals surface area contributed by atoms with E-state index in [9.17, 15) is 38.1 Å². The molecule has 528 valence electrons. The van der Waals surface area contributed by atoms with E-state index in [0.717, 1.165) is 49.4 Å². The summed E-state index contributed by atoms with van der Waals surface area (Å²) in [6.07, 6.45) is 13.7. The molecule has 8 N–H and O–H groups in total. The van der Waals surface area contributed by atoms with Crippen molar-refractivity contribution in [1.29, 1.82) is 15.8 Å². The highest BCUT2D eigenvalue weighted by atomic mass is 35.5. The maximum atomic E-state index is 14.8. The number of aromatic nitrogens is 12. The Balaban J connectivity index is 0.000000157. The number of nitrogens with two attached hydrogens (primary N) is 1. The van der Waals surface area contributed by atoms with Gasteiger partial charge in [0.2, 0.25) is 0 Å².